The molecule has 1 aromatic heterocycles. The maximum Gasteiger partial charge on any atom is 0.231 e. The summed E-state index contributed by atoms with van der Waals surface area (Å²) in [5, 5.41) is 13.1. The zero-order valence-corrected chi connectivity index (χ0v) is 9.18. The molecule has 2 unspecified atom stereocenters. The van der Waals surface area contributed by atoms with Crippen molar-refractivity contribution in [3.8, 4) is 0 Å². The monoisotopic (exact) mass is 211 g/mol. The molecule has 84 valence electrons. The first-order valence-corrected chi connectivity index (χ1v) is 5.34. The second-order valence-electron chi connectivity index (χ2n) is 4.35. The van der Waals surface area contributed by atoms with Crippen LogP contribution in [0.4, 0.5) is 0 Å². The minimum absolute atomic E-state index is 0.366. The highest BCUT2D eigenvalue weighted by atomic mass is 16.5. The van der Waals surface area contributed by atoms with Gasteiger partial charge in [0.05, 0.1) is 12.0 Å². The van der Waals surface area contributed by atoms with Gasteiger partial charge in [-0.2, -0.15) is 4.98 Å². The number of hydrogen-bond acceptors (Lipinski definition) is 5. The molecule has 0 radical (unpaired) electrons. The molecule has 1 N–H and O–H groups in total. The minimum Gasteiger partial charge on any atom is -0.393 e. The summed E-state index contributed by atoms with van der Waals surface area (Å²) in [4.78, 5) is 6.56. The number of rotatable bonds is 3. The first kappa shape index (κ1) is 10.6. The molecule has 0 bridgehead atoms. The molecule has 1 aliphatic rings. The van der Waals surface area contributed by atoms with E-state index in [-0.39, 0.29) is 0 Å². The van der Waals surface area contributed by atoms with Crippen LogP contribution < -0.4 is 0 Å². The molecule has 5 nitrogen and oxygen atoms in total. The third-order valence-corrected chi connectivity index (χ3v) is 2.70. The Hall–Kier alpha value is -0.940. The highest BCUT2D eigenvalue weighted by Crippen LogP contribution is 2.24. The Kier molecular flexibility index (Phi) is 3.02. The second-order valence-corrected chi connectivity index (χ2v) is 4.35. The molecule has 0 aliphatic carbocycles. The van der Waals surface area contributed by atoms with E-state index in [1.807, 2.05) is 0 Å². The molecule has 0 saturated carbocycles. The Bertz CT molecular complexity index is 324. The van der Waals surface area contributed by atoms with Gasteiger partial charge in [-0.1, -0.05) is 5.16 Å². The molecule has 2 heterocycles. The number of likely N-dealkylation sites (tertiary alicyclic amines) is 1. The lowest BCUT2D eigenvalue weighted by Crippen LogP contribution is -2.13. The average Bonchev–Trinajstić information content (AvgIpc) is 2.72. The summed E-state index contributed by atoms with van der Waals surface area (Å²) in [5.74, 6) is 1.69. The Balaban J connectivity index is 2.00. The molecule has 1 aliphatic heterocycles. The standard InChI is InChI=1S/C10H17N3O2/c1-7(14)5-9-11-10(15-12-9)8-3-4-13(2)6-8/h7-8,14H,3-6H2,1-2H3. The Morgan fingerprint density at radius 1 is 1.67 bits per heavy atom. The van der Waals surface area contributed by atoms with Crippen LogP contribution in [-0.2, 0) is 6.42 Å². The lowest BCUT2D eigenvalue weighted by Gasteiger charge is -2.05. The Labute approximate surface area is 89.1 Å². The van der Waals surface area contributed by atoms with Crippen molar-refractivity contribution in [2.75, 3.05) is 20.1 Å². The van der Waals surface area contributed by atoms with E-state index in [0.29, 0.717) is 18.2 Å². The Morgan fingerprint density at radius 3 is 3.07 bits per heavy atom. The van der Waals surface area contributed by atoms with Gasteiger partial charge in [-0.05, 0) is 26.9 Å². The van der Waals surface area contributed by atoms with Crippen LogP contribution in [0.3, 0.4) is 0 Å². The van der Waals surface area contributed by atoms with Crippen molar-refractivity contribution in [2.24, 2.45) is 0 Å². The van der Waals surface area contributed by atoms with Crippen LogP contribution in [0.1, 0.15) is 31.0 Å². The van der Waals surface area contributed by atoms with Gasteiger partial charge in [0.15, 0.2) is 5.82 Å². The zero-order valence-electron chi connectivity index (χ0n) is 9.18. The summed E-state index contributed by atoms with van der Waals surface area (Å²) >= 11 is 0. The summed E-state index contributed by atoms with van der Waals surface area (Å²) in [6, 6.07) is 0. The molecular formula is C10H17N3O2. The number of aromatic nitrogens is 2. The molecule has 1 fully saturated rings. The van der Waals surface area contributed by atoms with Gasteiger partial charge in [-0.3, -0.25) is 0 Å². The summed E-state index contributed by atoms with van der Waals surface area (Å²) in [5.41, 5.74) is 0. The predicted octanol–water partition coefficient (Wildman–Crippen LogP) is 0.412. The van der Waals surface area contributed by atoms with Crippen molar-refractivity contribution in [3.63, 3.8) is 0 Å². The number of likely N-dealkylation sites (N-methyl/N-ethyl adjacent to an activating group) is 1. The molecule has 0 aromatic carbocycles. The number of aliphatic hydroxyl groups excluding tert-OH is 1. The third-order valence-electron chi connectivity index (χ3n) is 2.70. The fourth-order valence-corrected chi connectivity index (χ4v) is 1.92. The average molecular weight is 211 g/mol. The van der Waals surface area contributed by atoms with Crippen molar-refractivity contribution < 1.29 is 9.63 Å². The molecular weight excluding hydrogens is 194 g/mol. The van der Waals surface area contributed by atoms with Gasteiger partial charge in [0.2, 0.25) is 5.89 Å². The van der Waals surface area contributed by atoms with Gasteiger partial charge in [-0.15, -0.1) is 0 Å². The smallest absolute Gasteiger partial charge is 0.231 e. The van der Waals surface area contributed by atoms with E-state index in [1.165, 1.54) is 0 Å². The van der Waals surface area contributed by atoms with Gasteiger partial charge in [0.1, 0.15) is 0 Å². The largest absolute Gasteiger partial charge is 0.393 e. The van der Waals surface area contributed by atoms with Crippen LogP contribution >= 0.6 is 0 Å². The normalized spacial score (nSPS) is 24.6. The first-order valence-electron chi connectivity index (χ1n) is 5.34. The van der Waals surface area contributed by atoms with Crippen molar-refractivity contribution in [1.29, 1.82) is 0 Å². The third kappa shape index (κ3) is 2.54. The van der Waals surface area contributed by atoms with Gasteiger partial charge in [0, 0.05) is 13.0 Å². The topological polar surface area (TPSA) is 62.4 Å². The van der Waals surface area contributed by atoms with Crippen molar-refractivity contribution >= 4 is 0 Å². The summed E-state index contributed by atoms with van der Waals surface area (Å²) in [6.07, 6.45) is 1.13. The van der Waals surface area contributed by atoms with Crippen LogP contribution in [0.2, 0.25) is 0 Å². The summed E-state index contributed by atoms with van der Waals surface area (Å²) in [6.45, 7) is 3.79. The predicted molar refractivity (Wildman–Crippen MR) is 54.5 cm³/mol. The first-order chi connectivity index (χ1) is 7.15. The van der Waals surface area contributed by atoms with E-state index < -0.39 is 6.10 Å². The van der Waals surface area contributed by atoms with Crippen LogP contribution in [0.15, 0.2) is 4.52 Å². The highest BCUT2D eigenvalue weighted by Gasteiger charge is 2.26. The van der Waals surface area contributed by atoms with Crippen molar-refractivity contribution in [2.45, 2.75) is 31.8 Å². The van der Waals surface area contributed by atoms with E-state index in [4.69, 9.17) is 4.52 Å². The van der Waals surface area contributed by atoms with E-state index >= 15 is 0 Å². The van der Waals surface area contributed by atoms with Gasteiger partial charge in [0.25, 0.3) is 0 Å². The molecule has 0 amide bonds. The second kappa shape index (κ2) is 4.28. The molecule has 2 rings (SSSR count). The van der Waals surface area contributed by atoms with Crippen LogP contribution in [0, 0.1) is 0 Å². The molecule has 1 aromatic rings. The zero-order chi connectivity index (χ0) is 10.8. The minimum atomic E-state index is -0.415. The summed E-state index contributed by atoms with van der Waals surface area (Å²) < 4.78 is 5.20. The Morgan fingerprint density at radius 2 is 2.47 bits per heavy atom. The maximum absolute atomic E-state index is 9.19. The fourth-order valence-electron chi connectivity index (χ4n) is 1.92. The van der Waals surface area contributed by atoms with E-state index in [9.17, 15) is 5.11 Å². The lowest BCUT2D eigenvalue weighted by molar-refractivity contribution is 0.191. The number of nitrogens with zero attached hydrogens (tertiary/aromatic N) is 3. The van der Waals surface area contributed by atoms with Crippen molar-refractivity contribution in [1.82, 2.24) is 15.0 Å². The summed E-state index contributed by atoms with van der Waals surface area (Å²) in [7, 11) is 2.09. The van der Waals surface area contributed by atoms with Gasteiger partial charge < -0.3 is 14.5 Å². The lowest BCUT2D eigenvalue weighted by atomic mass is 10.1. The number of aliphatic hydroxyl groups is 1. The highest BCUT2D eigenvalue weighted by molar-refractivity contribution is 4.98. The molecule has 2 atom stereocenters. The molecule has 5 heteroatoms. The molecule has 15 heavy (non-hydrogen) atoms. The van der Waals surface area contributed by atoms with E-state index in [0.717, 1.165) is 25.4 Å². The van der Waals surface area contributed by atoms with Crippen LogP contribution in [0.5, 0.6) is 0 Å². The van der Waals surface area contributed by atoms with Crippen molar-refractivity contribution in [3.05, 3.63) is 11.7 Å². The fraction of sp³-hybridized carbons (Fsp3) is 0.800. The maximum atomic E-state index is 9.19. The van der Waals surface area contributed by atoms with Gasteiger partial charge >= 0.3 is 0 Å². The molecule has 0 spiro atoms. The van der Waals surface area contributed by atoms with E-state index in [1.54, 1.807) is 6.92 Å². The van der Waals surface area contributed by atoms with E-state index in [2.05, 4.69) is 22.1 Å². The number of hydrogen-bond donors (Lipinski definition) is 1. The quantitative estimate of drug-likeness (QED) is 0.784. The molecule has 1 saturated heterocycles. The van der Waals surface area contributed by atoms with Gasteiger partial charge in [-0.25, -0.2) is 0 Å². The SMILES string of the molecule is CC(O)Cc1noc(C2CCN(C)C2)n1. The van der Waals surface area contributed by atoms with Crippen LogP contribution in [0.25, 0.3) is 0 Å². The van der Waals surface area contributed by atoms with Crippen LogP contribution in [-0.4, -0.2) is 46.4 Å².